The lowest BCUT2D eigenvalue weighted by atomic mass is 10.1. The van der Waals surface area contributed by atoms with E-state index in [4.69, 9.17) is 30.5 Å². The van der Waals surface area contributed by atoms with E-state index in [9.17, 15) is 4.79 Å². The number of hydrogen-bond donors (Lipinski definition) is 1. The highest BCUT2D eigenvalue weighted by molar-refractivity contribution is 6.33. The maximum absolute atomic E-state index is 12.9. The van der Waals surface area contributed by atoms with E-state index in [0.29, 0.717) is 51.5 Å². The first kappa shape index (κ1) is 19.1. The van der Waals surface area contributed by atoms with Crippen LogP contribution in [0.25, 0.3) is 21.8 Å². The third-order valence-electron chi connectivity index (χ3n) is 4.86. The Morgan fingerprint density at radius 3 is 2.79 bits per heavy atom. The van der Waals surface area contributed by atoms with E-state index in [0.717, 1.165) is 25.9 Å². The van der Waals surface area contributed by atoms with Crippen molar-refractivity contribution in [2.45, 2.75) is 25.6 Å². The molecule has 1 saturated heterocycles. The topological polar surface area (TPSA) is 69.8 Å². The molecule has 1 N–H and O–H groups in total. The zero-order chi connectivity index (χ0) is 19.5. The lowest BCUT2D eigenvalue weighted by Gasteiger charge is -2.22. The lowest BCUT2D eigenvalue weighted by molar-refractivity contribution is -0.165. The van der Waals surface area contributed by atoms with Crippen LogP contribution < -0.4 is 14.9 Å². The normalized spacial score (nSPS) is 17.1. The molecule has 1 fully saturated rings. The summed E-state index contributed by atoms with van der Waals surface area (Å²) in [5.74, 6) is 1.01. The Labute approximate surface area is 167 Å². The summed E-state index contributed by atoms with van der Waals surface area (Å²) in [6.07, 6.45) is 2.96. The third kappa shape index (κ3) is 3.68. The second-order valence-electron chi connectivity index (χ2n) is 6.65. The molecular weight excluding hydrogens is 382 g/mol. The number of hydrogen-bond acceptors (Lipinski definition) is 5. The number of benzene rings is 2. The van der Waals surface area contributed by atoms with E-state index < -0.39 is 0 Å². The Kier molecular flexibility index (Phi) is 5.71. The van der Waals surface area contributed by atoms with Crippen molar-refractivity contribution in [3.05, 3.63) is 45.6 Å². The molecule has 28 heavy (non-hydrogen) atoms. The standard InChI is InChI=1S/C21H22ClNO5/c1-25-21-15(22)9-8-14-19(21)23-18-13(20(14)24)5-4-6-16(18)26-11-12-28-17-7-2-3-10-27-17/h4-6,8-9,17H,2-3,7,10-12H2,1H3,(H,23,24). The molecule has 0 radical (unpaired) electrons. The van der Waals surface area contributed by atoms with Crippen molar-refractivity contribution in [1.82, 2.24) is 4.98 Å². The van der Waals surface area contributed by atoms with E-state index in [-0.39, 0.29) is 11.7 Å². The highest BCUT2D eigenvalue weighted by Gasteiger charge is 2.16. The maximum atomic E-state index is 12.9. The molecule has 1 aliphatic heterocycles. The summed E-state index contributed by atoms with van der Waals surface area (Å²) in [4.78, 5) is 16.2. The van der Waals surface area contributed by atoms with Gasteiger partial charge < -0.3 is 23.9 Å². The quantitative estimate of drug-likeness (QED) is 0.491. The highest BCUT2D eigenvalue weighted by atomic mass is 35.5. The van der Waals surface area contributed by atoms with Crippen LogP contribution in [0.2, 0.25) is 5.02 Å². The highest BCUT2D eigenvalue weighted by Crippen LogP contribution is 2.33. The summed E-state index contributed by atoms with van der Waals surface area (Å²) >= 11 is 6.22. The molecule has 6 nitrogen and oxygen atoms in total. The van der Waals surface area contributed by atoms with Gasteiger partial charge in [-0.3, -0.25) is 4.79 Å². The van der Waals surface area contributed by atoms with Gasteiger partial charge in [0.2, 0.25) is 0 Å². The van der Waals surface area contributed by atoms with Gasteiger partial charge in [-0.25, -0.2) is 0 Å². The molecule has 148 valence electrons. The fraction of sp³-hybridized carbons (Fsp3) is 0.381. The summed E-state index contributed by atoms with van der Waals surface area (Å²) in [5.41, 5.74) is 1.06. The molecule has 1 unspecified atom stereocenters. The van der Waals surface area contributed by atoms with Crippen molar-refractivity contribution in [2.24, 2.45) is 0 Å². The molecule has 2 heterocycles. The Balaban J connectivity index is 1.61. The molecule has 4 rings (SSSR count). The number of rotatable bonds is 6. The van der Waals surface area contributed by atoms with Crippen LogP contribution in [0.3, 0.4) is 0 Å². The van der Waals surface area contributed by atoms with Crippen LogP contribution in [0.5, 0.6) is 11.5 Å². The van der Waals surface area contributed by atoms with Gasteiger partial charge in [0, 0.05) is 12.0 Å². The number of aromatic amines is 1. The molecular formula is C21H22ClNO5. The van der Waals surface area contributed by atoms with E-state index in [2.05, 4.69) is 4.98 Å². The van der Waals surface area contributed by atoms with E-state index in [1.165, 1.54) is 7.11 Å². The molecule has 7 heteroatoms. The van der Waals surface area contributed by atoms with Crippen LogP contribution in [0.15, 0.2) is 35.1 Å². The first-order valence-corrected chi connectivity index (χ1v) is 9.74. The summed E-state index contributed by atoms with van der Waals surface area (Å²) in [7, 11) is 1.52. The smallest absolute Gasteiger partial charge is 0.197 e. The summed E-state index contributed by atoms with van der Waals surface area (Å²) in [6, 6.07) is 8.75. The maximum Gasteiger partial charge on any atom is 0.197 e. The van der Waals surface area contributed by atoms with Crippen LogP contribution in [0, 0.1) is 0 Å². The van der Waals surface area contributed by atoms with Gasteiger partial charge in [0.1, 0.15) is 12.4 Å². The zero-order valence-electron chi connectivity index (χ0n) is 15.6. The van der Waals surface area contributed by atoms with Crippen molar-refractivity contribution < 1.29 is 18.9 Å². The number of ether oxygens (including phenoxy) is 4. The molecule has 1 aromatic heterocycles. The van der Waals surface area contributed by atoms with Gasteiger partial charge in [-0.15, -0.1) is 0 Å². The summed E-state index contributed by atoms with van der Waals surface area (Å²) in [6.45, 7) is 1.51. The lowest BCUT2D eigenvalue weighted by Crippen LogP contribution is -2.24. The Bertz CT molecular complexity index is 1040. The Hall–Kier alpha value is -2.28. The van der Waals surface area contributed by atoms with Crippen LogP contribution in [-0.2, 0) is 9.47 Å². The van der Waals surface area contributed by atoms with Crippen LogP contribution in [0.1, 0.15) is 19.3 Å². The van der Waals surface area contributed by atoms with Crippen LogP contribution >= 0.6 is 11.6 Å². The molecule has 3 aromatic rings. The second-order valence-corrected chi connectivity index (χ2v) is 7.06. The minimum absolute atomic E-state index is 0.101. The molecule has 2 aromatic carbocycles. The SMILES string of the molecule is COc1c(Cl)ccc2c(=O)c3cccc(OCCOC4CCCCO4)c3[nH]c12. The van der Waals surface area contributed by atoms with Crippen molar-refractivity contribution >= 4 is 33.4 Å². The molecule has 1 aliphatic rings. The van der Waals surface area contributed by atoms with Gasteiger partial charge >= 0.3 is 0 Å². The predicted molar refractivity (Wildman–Crippen MR) is 109 cm³/mol. The second kappa shape index (κ2) is 8.39. The van der Waals surface area contributed by atoms with Crippen LogP contribution in [-0.4, -0.2) is 38.2 Å². The third-order valence-corrected chi connectivity index (χ3v) is 5.16. The molecule has 0 amide bonds. The van der Waals surface area contributed by atoms with Gasteiger partial charge in [0.05, 0.1) is 35.2 Å². The molecule has 0 spiro atoms. The fourth-order valence-corrected chi connectivity index (χ4v) is 3.72. The largest absolute Gasteiger partial charge is 0.493 e. The number of halogens is 1. The number of para-hydroxylation sites is 1. The van der Waals surface area contributed by atoms with Crippen molar-refractivity contribution in [1.29, 1.82) is 0 Å². The number of pyridine rings is 1. The summed E-state index contributed by atoms with van der Waals surface area (Å²) in [5, 5.41) is 1.50. The van der Waals surface area contributed by atoms with E-state index in [1.54, 1.807) is 24.3 Å². The minimum Gasteiger partial charge on any atom is -0.493 e. The van der Waals surface area contributed by atoms with Gasteiger partial charge in [-0.1, -0.05) is 17.7 Å². The van der Waals surface area contributed by atoms with Crippen LogP contribution in [0.4, 0.5) is 0 Å². The molecule has 0 bridgehead atoms. The van der Waals surface area contributed by atoms with Crippen molar-refractivity contribution in [3.8, 4) is 11.5 Å². The average Bonchev–Trinajstić information content (AvgIpc) is 2.72. The number of aromatic nitrogens is 1. The first-order chi connectivity index (χ1) is 13.7. The Morgan fingerprint density at radius 1 is 1.14 bits per heavy atom. The zero-order valence-corrected chi connectivity index (χ0v) is 16.4. The van der Waals surface area contributed by atoms with Gasteiger partial charge in [0.25, 0.3) is 0 Å². The molecule has 0 saturated carbocycles. The van der Waals surface area contributed by atoms with Crippen molar-refractivity contribution in [3.63, 3.8) is 0 Å². The average molecular weight is 404 g/mol. The number of H-pyrrole nitrogens is 1. The fourth-order valence-electron chi connectivity index (χ4n) is 3.48. The van der Waals surface area contributed by atoms with Gasteiger partial charge in [-0.05, 0) is 43.5 Å². The number of nitrogens with one attached hydrogen (secondary N) is 1. The van der Waals surface area contributed by atoms with Gasteiger partial charge in [0.15, 0.2) is 17.5 Å². The predicted octanol–water partition coefficient (Wildman–Crippen LogP) is 4.27. The molecule has 0 aliphatic carbocycles. The van der Waals surface area contributed by atoms with Gasteiger partial charge in [-0.2, -0.15) is 0 Å². The monoisotopic (exact) mass is 403 g/mol. The number of methoxy groups -OCH3 is 1. The van der Waals surface area contributed by atoms with Crippen molar-refractivity contribution in [2.75, 3.05) is 26.9 Å². The Morgan fingerprint density at radius 2 is 2.00 bits per heavy atom. The number of fused-ring (bicyclic) bond motifs is 2. The van der Waals surface area contributed by atoms with E-state index >= 15 is 0 Å². The molecule has 1 atom stereocenters. The minimum atomic E-state index is -0.153. The first-order valence-electron chi connectivity index (χ1n) is 9.36. The van der Waals surface area contributed by atoms with E-state index in [1.807, 2.05) is 6.07 Å². The summed E-state index contributed by atoms with van der Waals surface area (Å²) < 4.78 is 22.5.